The molecule has 2 atom stereocenters. The van der Waals surface area contributed by atoms with Crippen LogP contribution in [0.2, 0.25) is 0 Å². The molecular formula is C15H17N3O. The molecule has 4 nitrogen and oxygen atoms in total. The Bertz CT molecular complexity index is 548. The summed E-state index contributed by atoms with van der Waals surface area (Å²) in [5, 5.41) is 2.90. The molecule has 1 aromatic rings. The minimum Gasteiger partial charge on any atom is -0.320 e. The highest BCUT2D eigenvalue weighted by Gasteiger charge is 2.56. The largest absolute Gasteiger partial charge is 0.320 e. The molecule has 98 valence electrons. The molecule has 3 rings (SSSR count). The number of nitrogens with zero attached hydrogens (tertiary/aromatic N) is 1. The maximum Gasteiger partial charge on any atom is 0.229 e. The van der Waals surface area contributed by atoms with Crippen molar-refractivity contribution < 1.29 is 4.79 Å². The quantitative estimate of drug-likeness (QED) is 0.784. The van der Waals surface area contributed by atoms with Crippen LogP contribution in [0.4, 0.5) is 5.82 Å². The molecule has 0 saturated heterocycles. The molecule has 19 heavy (non-hydrogen) atoms. The van der Waals surface area contributed by atoms with Crippen LogP contribution in [0.5, 0.6) is 0 Å². The SMILES string of the molecule is NCC#Cc1ccnc(NC(=O)C2C3CCCC32)c1. The third-order valence-electron chi connectivity index (χ3n) is 4.06. The van der Waals surface area contributed by atoms with Gasteiger partial charge in [-0.2, -0.15) is 0 Å². The highest BCUT2D eigenvalue weighted by atomic mass is 16.2. The van der Waals surface area contributed by atoms with Gasteiger partial charge in [-0.1, -0.05) is 18.3 Å². The predicted octanol–water partition coefficient (Wildman–Crippen LogP) is 1.38. The van der Waals surface area contributed by atoms with Crippen molar-refractivity contribution in [2.24, 2.45) is 23.5 Å². The zero-order valence-electron chi connectivity index (χ0n) is 10.7. The number of pyridine rings is 1. The van der Waals surface area contributed by atoms with Gasteiger partial charge in [-0.25, -0.2) is 4.98 Å². The van der Waals surface area contributed by atoms with E-state index in [9.17, 15) is 4.79 Å². The average Bonchev–Trinajstić information content (AvgIpc) is 2.91. The smallest absolute Gasteiger partial charge is 0.229 e. The van der Waals surface area contributed by atoms with Crippen LogP contribution < -0.4 is 11.1 Å². The van der Waals surface area contributed by atoms with Crippen molar-refractivity contribution in [3.8, 4) is 11.8 Å². The van der Waals surface area contributed by atoms with Gasteiger partial charge in [0.1, 0.15) is 5.82 Å². The number of hydrogen-bond acceptors (Lipinski definition) is 3. The summed E-state index contributed by atoms with van der Waals surface area (Å²) in [4.78, 5) is 16.3. The van der Waals surface area contributed by atoms with Crippen LogP contribution in [-0.2, 0) is 4.79 Å². The second-order valence-electron chi connectivity index (χ2n) is 5.21. The Morgan fingerprint density at radius 1 is 1.47 bits per heavy atom. The number of carbonyl (C=O) groups is 1. The summed E-state index contributed by atoms with van der Waals surface area (Å²) >= 11 is 0. The molecule has 1 amide bonds. The van der Waals surface area contributed by atoms with Crippen molar-refractivity contribution in [2.75, 3.05) is 11.9 Å². The molecule has 1 aromatic heterocycles. The van der Waals surface area contributed by atoms with E-state index in [2.05, 4.69) is 22.1 Å². The summed E-state index contributed by atoms with van der Waals surface area (Å²) in [6.07, 6.45) is 5.35. The standard InChI is InChI=1S/C15H17N3O/c16-7-2-3-10-6-8-17-13(9-10)18-15(19)14-11-4-1-5-12(11)14/h6,8-9,11-12,14H,1,4-5,7,16H2,(H,17,18,19). The lowest BCUT2D eigenvalue weighted by Crippen LogP contribution is -2.17. The van der Waals surface area contributed by atoms with E-state index < -0.39 is 0 Å². The van der Waals surface area contributed by atoms with Crippen molar-refractivity contribution in [2.45, 2.75) is 19.3 Å². The van der Waals surface area contributed by atoms with Crippen LogP contribution in [0.1, 0.15) is 24.8 Å². The zero-order chi connectivity index (χ0) is 13.2. The molecule has 2 fully saturated rings. The molecule has 2 unspecified atom stereocenters. The van der Waals surface area contributed by atoms with Crippen LogP contribution in [0.15, 0.2) is 18.3 Å². The Labute approximate surface area is 112 Å². The summed E-state index contributed by atoms with van der Waals surface area (Å²) in [6.45, 7) is 0.329. The minimum absolute atomic E-state index is 0.117. The number of anilines is 1. The summed E-state index contributed by atoms with van der Waals surface area (Å²) in [5.41, 5.74) is 6.16. The minimum atomic E-state index is 0.117. The lowest BCUT2D eigenvalue weighted by molar-refractivity contribution is -0.118. The van der Waals surface area contributed by atoms with E-state index in [0.717, 1.165) is 5.56 Å². The highest BCUT2D eigenvalue weighted by Crippen LogP contribution is 2.57. The average molecular weight is 255 g/mol. The lowest BCUT2D eigenvalue weighted by Gasteiger charge is -2.05. The maximum absolute atomic E-state index is 12.1. The van der Waals surface area contributed by atoms with E-state index in [0.29, 0.717) is 24.2 Å². The number of hydrogen-bond donors (Lipinski definition) is 2. The third kappa shape index (κ3) is 2.47. The Morgan fingerprint density at radius 3 is 3.00 bits per heavy atom. The predicted molar refractivity (Wildman–Crippen MR) is 73.1 cm³/mol. The van der Waals surface area contributed by atoms with E-state index in [1.807, 2.05) is 6.07 Å². The lowest BCUT2D eigenvalue weighted by atomic mass is 10.1. The van der Waals surface area contributed by atoms with Gasteiger partial charge in [0.15, 0.2) is 0 Å². The summed E-state index contributed by atoms with van der Waals surface area (Å²) in [7, 11) is 0. The monoisotopic (exact) mass is 255 g/mol. The first-order valence-electron chi connectivity index (χ1n) is 6.75. The Morgan fingerprint density at radius 2 is 2.26 bits per heavy atom. The molecule has 0 bridgehead atoms. The second kappa shape index (κ2) is 5.02. The van der Waals surface area contributed by atoms with Crippen LogP contribution in [0.3, 0.4) is 0 Å². The van der Waals surface area contributed by atoms with Gasteiger partial charge in [-0.3, -0.25) is 4.79 Å². The first kappa shape index (κ1) is 12.2. The van der Waals surface area contributed by atoms with E-state index >= 15 is 0 Å². The van der Waals surface area contributed by atoms with E-state index in [1.54, 1.807) is 12.3 Å². The first-order chi connectivity index (χ1) is 9.29. The third-order valence-corrected chi connectivity index (χ3v) is 4.06. The molecule has 3 N–H and O–H groups in total. The fraction of sp³-hybridized carbons (Fsp3) is 0.467. The van der Waals surface area contributed by atoms with Crippen molar-refractivity contribution in [3.05, 3.63) is 23.9 Å². The van der Waals surface area contributed by atoms with Crippen LogP contribution in [0, 0.1) is 29.6 Å². The van der Waals surface area contributed by atoms with Crippen molar-refractivity contribution >= 4 is 11.7 Å². The molecule has 0 aliphatic heterocycles. The van der Waals surface area contributed by atoms with E-state index in [-0.39, 0.29) is 11.8 Å². The van der Waals surface area contributed by atoms with Gasteiger partial charge in [-0.05, 0) is 36.8 Å². The second-order valence-corrected chi connectivity index (χ2v) is 5.21. The number of nitrogens with two attached hydrogens (primary N) is 1. The fourth-order valence-corrected chi connectivity index (χ4v) is 3.15. The van der Waals surface area contributed by atoms with Gasteiger partial charge in [0, 0.05) is 17.7 Å². The first-order valence-corrected chi connectivity index (χ1v) is 6.75. The van der Waals surface area contributed by atoms with Crippen LogP contribution in [-0.4, -0.2) is 17.4 Å². The molecule has 4 heteroatoms. The van der Waals surface area contributed by atoms with Crippen molar-refractivity contribution in [3.63, 3.8) is 0 Å². The maximum atomic E-state index is 12.1. The van der Waals surface area contributed by atoms with Gasteiger partial charge in [-0.15, -0.1) is 0 Å². The zero-order valence-corrected chi connectivity index (χ0v) is 10.7. The molecule has 2 aliphatic carbocycles. The molecule has 0 radical (unpaired) electrons. The molecular weight excluding hydrogens is 238 g/mol. The molecule has 2 saturated carbocycles. The number of carbonyl (C=O) groups excluding carboxylic acids is 1. The topological polar surface area (TPSA) is 68.0 Å². The fourth-order valence-electron chi connectivity index (χ4n) is 3.15. The number of amides is 1. The normalized spacial score (nSPS) is 27.1. The van der Waals surface area contributed by atoms with Crippen LogP contribution in [0.25, 0.3) is 0 Å². The number of aromatic nitrogens is 1. The highest BCUT2D eigenvalue weighted by molar-refractivity contribution is 5.94. The summed E-state index contributed by atoms with van der Waals surface area (Å²) < 4.78 is 0. The summed E-state index contributed by atoms with van der Waals surface area (Å²) in [5.74, 6) is 7.89. The van der Waals surface area contributed by atoms with E-state index in [1.165, 1.54) is 19.3 Å². The number of rotatable bonds is 2. The molecule has 0 aromatic carbocycles. The van der Waals surface area contributed by atoms with Gasteiger partial charge >= 0.3 is 0 Å². The molecule has 1 heterocycles. The van der Waals surface area contributed by atoms with E-state index in [4.69, 9.17) is 5.73 Å². The number of fused-ring (bicyclic) bond motifs is 1. The number of nitrogens with one attached hydrogen (secondary N) is 1. The Hall–Kier alpha value is -1.86. The van der Waals surface area contributed by atoms with Gasteiger partial charge in [0.05, 0.1) is 6.54 Å². The van der Waals surface area contributed by atoms with Gasteiger partial charge in [0.25, 0.3) is 0 Å². The molecule has 0 spiro atoms. The Kier molecular flexibility index (Phi) is 3.22. The van der Waals surface area contributed by atoms with Crippen molar-refractivity contribution in [1.29, 1.82) is 0 Å². The summed E-state index contributed by atoms with van der Waals surface area (Å²) in [6, 6.07) is 3.60. The van der Waals surface area contributed by atoms with Crippen LogP contribution >= 0.6 is 0 Å². The van der Waals surface area contributed by atoms with Gasteiger partial charge < -0.3 is 11.1 Å². The van der Waals surface area contributed by atoms with Crippen molar-refractivity contribution in [1.82, 2.24) is 4.98 Å². The molecule has 2 aliphatic rings. The van der Waals surface area contributed by atoms with Gasteiger partial charge in [0.2, 0.25) is 5.91 Å². The Balaban J connectivity index is 1.65.